The Kier molecular flexibility index (Phi) is 7.22. The Morgan fingerprint density at radius 2 is 2.00 bits per heavy atom. The van der Waals surface area contributed by atoms with E-state index in [1.165, 1.54) is 0 Å². The molecule has 1 atom stereocenters. The van der Waals surface area contributed by atoms with E-state index in [1.807, 2.05) is 23.1 Å². The molecule has 1 aromatic carbocycles. The number of hydrogen-bond donors (Lipinski definition) is 1. The highest BCUT2D eigenvalue weighted by Gasteiger charge is 2.28. The van der Waals surface area contributed by atoms with E-state index in [-0.39, 0.29) is 12.0 Å². The summed E-state index contributed by atoms with van der Waals surface area (Å²) in [6.45, 7) is 5.61. The van der Waals surface area contributed by atoms with E-state index in [4.69, 9.17) is 25.8 Å². The second kappa shape index (κ2) is 10.3. The van der Waals surface area contributed by atoms with Crippen molar-refractivity contribution in [1.82, 2.24) is 20.0 Å². The SMILES string of the molecule is O=C(CN1CCOCC1)N1CCOC(c2cc(CCOc3ccc(Cl)cc3)[nH]n2)C1. The number of nitrogens with one attached hydrogen (secondary N) is 1. The Labute approximate surface area is 181 Å². The molecular formula is C21H27ClN4O4. The van der Waals surface area contributed by atoms with Crippen LogP contribution in [0, 0.1) is 0 Å². The zero-order valence-corrected chi connectivity index (χ0v) is 17.6. The minimum absolute atomic E-state index is 0.136. The summed E-state index contributed by atoms with van der Waals surface area (Å²) in [5.41, 5.74) is 1.79. The third-order valence-electron chi connectivity index (χ3n) is 5.32. The van der Waals surface area contributed by atoms with Crippen LogP contribution in [0.3, 0.4) is 0 Å². The van der Waals surface area contributed by atoms with Gasteiger partial charge in [0.2, 0.25) is 5.91 Å². The largest absolute Gasteiger partial charge is 0.493 e. The lowest BCUT2D eigenvalue weighted by Gasteiger charge is -2.34. The van der Waals surface area contributed by atoms with Crippen molar-refractivity contribution in [1.29, 1.82) is 0 Å². The topological polar surface area (TPSA) is 79.9 Å². The lowest BCUT2D eigenvalue weighted by atomic mass is 10.2. The Morgan fingerprint density at radius 3 is 2.80 bits per heavy atom. The normalized spacial score (nSPS) is 20.3. The monoisotopic (exact) mass is 434 g/mol. The molecule has 2 aliphatic rings. The third kappa shape index (κ3) is 5.72. The Bertz CT molecular complexity index is 823. The highest BCUT2D eigenvalue weighted by atomic mass is 35.5. The smallest absolute Gasteiger partial charge is 0.236 e. The highest BCUT2D eigenvalue weighted by Crippen LogP contribution is 2.22. The number of aromatic nitrogens is 2. The van der Waals surface area contributed by atoms with Crippen LogP contribution in [0.5, 0.6) is 5.75 Å². The van der Waals surface area contributed by atoms with Crippen LogP contribution in [0.15, 0.2) is 30.3 Å². The molecule has 162 valence electrons. The molecule has 1 aromatic heterocycles. The fourth-order valence-electron chi connectivity index (χ4n) is 3.59. The van der Waals surface area contributed by atoms with Crippen molar-refractivity contribution in [2.45, 2.75) is 12.5 Å². The summed E-state index contributed by atoms with van der Waals surface area (Å²) in [6.07, 6.45) is 0.483. The first kappa shape index (κ1) is 21.1. The van der Waals surface area contributed by atoms with Gasteiger partial charge in [0.05, 0.1) is 45.2 Å². The van der Waals surface area contributed by atoms with E-state index in [0.29, 0.717) is 57.5 Å². The lowest BCUT2D eigenvalue weighted by Crippen LogP contribution is -2.48. The summed E-state index contributed by atoms with van der Waals surface area (Å²) < 4.78 is 17.0. The molecule has 0 aliphatic carbocycles. The number of carbonyl (C=O) groups excluding carboxylic acids is 1. The van der Waals surface area contributed by atoms with Crippen molar-refractivity contribution < 1.29 is 19.0 Å². The molecule has 2 aromatic rings. The first-order chi connectivity index (χ1) is 14.7. The van der Waals surface area contributed by atoms with Gasteiger partial charge in [-0.3, -0.25) is 14.8 Å². The number of H-pyrrole nitrogens is 1. The molecule has 0 spiro atoms. The average molecular weight is 435 g/mol. The number of nitrogens with zero attached hydrogens (tertiary/aromatic N) is 3. The van der Waals surface area contributed by atoms with Crippen LogP contribution in [-0.2, 0) is 20.7 Å². The molecule has 2 fully saturated rings. The van der Waals surface area contributed by atoms with Gasteiger partial charge in [0.25, 0.3) is 0 Å². The van der Waals surface area contributed by atoms with Crippen LogP contribution < -0.4 is 4.74 Å². The van der Waals surface area contributed by atoms with Gasteiger partial charge in [-0.15, -0.1) is 0 Å². The second-order valence-electron chi connectivity index (χ2n) is 7.46. The number of halogens is 1. The molecule has 2 aliphatic heterocycles. The Morgan fingerprint density at radius 1 is 1.20 bits per heavy atom. The first-order valence-corrected chi connectivity index (χ1v) is 10.7. The van der Waals surface area contributed by atoms with E-state index >= 15 is 0 Å². The zero-order valence-electron chi connectivity index (χ0n) is 16.9. The number of benzene rings is 1. The van der Waals surface area contributed by atoms with Gasteiger partial charge in [-0.05, 0) is 30.3 Å². The highest BCUT2D eigenvalue weighted by molar-refractivity contribution is 6.30. The molecule has 0 bridgehead atoms. The molecular weight excluding hydrogens is 408 g/mol. The predicted octanol–water partition coefficient (Wildman–Crippen LogP) is 1.92. The van der Waals surface area contributed by atoms with Crippen LogP contribution in [-0.4, -0.2) is 85.1 Å². The number of ether oxygens (including phenoxy) is 3. The van der Waals surface area contributed by atoms with Crippen LogP contribution in [0.2, 0.25) is 5.02 Å². The summed E-state index contributed by atoms with van der Waals surface area (Å²) in [7, 11) is 0. The first-order valence-electron chi connectivity index (χ1n) is 10.3. The number of amides is 1. The quantitative estimate of drug-likeness (QED) is 0.717. The number of rotatable bonds is 7. The molecule has 1 unspecified atom stereocenters. The second-order valence-corrected chi connectivity index (χ2v) is 7.89. The van der Waals surface area contributed by atoms with Crippen molar-refractivity contribution in [2.24, 2.45) is 0 Å². The van der Waals surface area contributed by atoms with Gasteiger partial charge in [0.15, 0.2) is 0 Å². The molecule has 0 radical (unpaired) electrons. The number of carbonyl (C=O) groups is 1. The maximum Gasteiger partial charge on any atom is 0.236 e. The van der Waals surface area contributed by atoms with E-state index in [1.54, 1.807) is 12.1 Å². The molecule has 3 heterocycles. The van der Waals surface area contributed by atoms with E-state index in [2.05, 4.69) is 15.1 Å². The van der Waals surface area contributed by atoms with Gasteiger partial charge in [0.1, 0.15) is 11.9 Å². The number of hydrogen-bond acceptors (Lipinski definition) is 6. The van der Waals surface area contributed by atoms with Crippen LogP contribution >= 0.6 is 11.6 Å². The fourth-order valence-corrected chi connectivity index (χ4v) is 3.71. The maximum atomic E-state index is 12.7. The summed E-state index contributed by atoms with van der Waals surface area (Å²) in [4.78, 5) is 16.7. The van der Waals surface area contributed by atoms with Gasteiger partial charge < -0.3 is 19.1 Å². The summed E-state index contributed by atoms with van der Waals surface area (Å²) in [6, 6.07) is 9.29. The third-order valence-corrected chi connectivity index (χ3v) is 5.57. The molecule has 0 saturated carbocycles. The molecule has 4 rings (SSSR count). The van der Waals surface area contributed by atoms with Crippen molar-refractivity contribution >= 4 is 17.5 Å². The molecule has 2 saturated heterocycles. The van der Waals surface area contributed by atoms with Crippen LogP contribution in [0.25, 0.3) is 0 Å². The van der Waals surface area contributed by atoms with Crippen molar-refractivity contribution in [3.05, 3.63) is 46.7 Å². The van der Waals surface area contributed by atoms with Crippen molar-refractivity contribution in [2.75, 3.05) is 59.2 Å². The Hall–Kier alpha value is -2.13. The average Bonchev–Trinajstić information content (AvgIpc) is 3.25. The van der Waals surface area contributed by atoms with Gasteiger partial charge in [-0.2, -0.15) is 5.10 Å². The minimum Gasteiger partial charge on any atom is -0.493 e. The van der Waals surface area contributed by atoms with Crippen molar-refractivity contribution in [3.8, 4) is 5.75 Å². The molecule has 30 heavy (non-hydrogen) atoms. The summed E-state index contributed by atoms with van der Waals surface area (Å²) in [5.74, 6) is 0.918. The standard InChI is InChI=1S/C21H27ClN4O4/c22-16-1-3-18(4-2-16)29-9-5-17-13-19(24-23-17)20-14-26(8-12-30-20)21(27)15-25-6-10-28-11-7-25/h1-4,13,20H,5-12,14-15H2,(H,23,24). The molecule has 1 N–H and O–H groups in total. The van der Waals surface area contributed by atoms with E-state index in [0.717, 1.165) is 30.2 Å². The molecule has 9 heteroatoms. The molecule has 8 nitrogen and oxygen atoms in total. The predicted molar refractivity (Wildman–Crippen MR) is 112 cm³/mol. The van der Waals surface area contributed by atoms with E-state index < -0.39 is 0 Å². The minimum atomic E-state index is -0.213. The lowest BCUT2D eigenvalue weighted by molar-refractivity contribution is -0.141. The maximum absolute atomic E-state index is 12.7. The van der Waals surface area contributed by atoms with Crippen LogP contribution in [0.4, 0.5) is 0 Å². The number of aromatic amines is 1. The zero-order chi connectivity index (χ0) is 20.8. The van der Waals surface area contributed by atoms with Crippen LogP contribution in [0.1, 0.15) is 17.5 Å². The fraction of sp³-hybridized carbons (Fsp3) is 0.524. The van der Waals surface area contributed by atoms with Gasteiger partial charge in [-0.1, -0.05) is 11.6 Å². The van der Waals surface area contributed by atoms with Gasteiger partial charge >= 0.3 is 0 Å². The van der Waals surface area contributed by atoms with Gasteiger partial charge in [0, 0.05) is 36.8 Å². The summed E-state index contributed by atoms with van der Waals surface area (Å²) >= 11 is 5.88. The number of morpholine rings is 2. The van der Waals surface area contributed by atoms with Crippen molar-refractivity contribution in [3.63, 3.8) is 0 Å². The Balaban J connectivity index is 1.26. The van der Waals surface area contributed by atoms with E-state index in [9.17, 15) is 4.79 Å². The van der Waals surface area contributed by atoms with Gasteiger partial charge in [-0.25, -0.2) is 0 Å². The molecule has 1 amide bonds. The summed E-state index contributed by atoms with van der Waals surface area (Å²) in [5, 5.41) is 8.14.